The summed E-state index contributed by atoms with van der Waals surface area (Å²) in [5.74, 6) is -7.23. The molecule has 7 heteroatoms. The molecule has 0 bridgehead atoms. The van der Waals surface area contributed by atoms with E-state index in [1.807, 2.05) is 0 Å². The number of aliphatic carboxylic acids is 1. The van der Waals surface area contributed by atoms with E-state index in [9.17, 15) is 26.7 Å². The van der Waals surface area contributed by atoms with E-state index < -0.39 is 36.3 Å². The van der Waals surface area contributed by atoms with E-state index in [4.69, 9.17) is 5.11 Å². The van der Waals surface area contributed by atoms with E-state index in [1.165, 1.54) is 0 Å². The number of alkyl halides is 5. The van der Waals surface area contributed by atoms with Gasteiger partial charge in [-0.05, 0) is 12.8 Å². The molecule has 0 amide bonds. The summed E-state index contributed by atoms with van der Waals surface area (Å²) in [6.07, 6.45) is -6.98. The van der Waals surface area contributed by atoms with Gasteiger partial charge in [0, 0.05) is 0 Å². The van der Waals surface area contributed by atoms with Crippen molar-refractivity contribution in [2.45, 2.75) is 31.4 Å². The first kappa shape index (κ1) is 11.2. The van der Waals surface area contributed by atoms with Gasteiger partial charge in [0.2, 0.25) is 0 Å². The first-order valence-corrected chi connectivity index (χ1v) is 3.83. The summed E-state index contributed by atoms with van der Waals surface area (Å²) < 4.78 is 61.2. The Bertz CT molecular complexity index is 253. The second-order valence-corrected chi connectivity index (χ2v) is 3.31. The van der Waals surface area contributed by atoms with Crippen molar-refractivity contribution in [1.29, 1.82) is 0 Å². The van der Waals surface area contributed by atoms with Crippen LogP contribution in [0.15, 0.2) is 0 Å². The van der Waals surface area contributed by atoms with Crippen LogP contribution in [0.4, 0.5) is 22.0 Å². The maximum Gasteiger partial charge on any atom is 0.454 e. The van der Waals surface area contributed by atoms with Gasteiger partial charge in [-0.25, -0.2) is 0 Å². The quantitative estimate of drug-likeness (QED) is 0.722. The molecule has 0 unspecified atom stereocenters. The SMILES string of the molecule is O=C(O)C1(C(F)(F)C(F)(F)F)CCC1. The van der Waals surface area contributed by atoms with Crippen LogP contribution in [0.2, 0.25) is 0 Å². The molecule has 14 heavy (non-hydrogen) atoms. The predicted molar refractivity (Wildman–Crippen MR) is 34.9 cm³/mol. The summed E-state index contributed by atoms with van der Waals surface area (Å²) >= 11 is 0. The molecule has 2 nitrogen and oxygen atoms in total. The molecule has 1 aliphatic carbocycles. The Hall–Kier alpha value is -0.880. The molecule has 1 rings (SSSR count). The maximum atomic E-state index is 12.8. The van der Waals surface area contributed by atoms with Crippen molar-refractivity contribution in [3.05, 3.63) is 0 Å². The molecule has 0 aromatic heterocycles. The van der Waals surface area contributed by atoms with Gasteiger partial charge in [0.05, 0.1) is 0 Å². The standard InChI is InChI=1S/C7H7F5O2/c8-6(9,7(10,11)12)5(4(13)14)2-1-3-5/h1-3H2,(H,13,14). The van der Waals surface area contributed by atoms with Crippen LogP contribution >= 0.6 is 0 Å². The fourth-order valence-corrected chi connectivity index (χ4v) is 1.46. The number of halogens is 5. The minimum atomic E-state index is -5.80. The molecule has 1 N–H and O–H groups in total. The fourth-order valence-electron chi connectivity index (χ4n) is 1.46. The summed E-state index contributed by atoms with van der Waals surface area (Å²) in [7, 11) is 0. The minimum Gasteiger partial charge on any atom is -0.481 e. The monoisotopic (exact) mass is 218 g/mol. The lowest BCUT2D eigenvalue weighted by molar-refractivity contribution is -0.334. The van der Waals surface area contributed by atoms with Gasteiger partial charge in [0.25, 0.3) is 0 Å². The average Bonchev–Trinajstić information content (AvgIpc) is 1.78. The number of hydrogen-bond acceptors (Lipinski definition) is 1. The molecular weight excluding hydrogens is 211 g/mol. The van der Waals surface area contributed by atoms with Crippen LogP contribution in [0.3, 0.4) is 0 Å². The smallest absolute Gasteiger partial charge is 0.454 e. The Morgan fingerprint density at radius 1 is 1.14 bits per heavy atom. The zero-order valence-electron chi connectivity index (χ0n) is 6.87. The van der Waals surface area contributed by atoms with Crippen LogP contribution in [0, 0.1) is 5.41 Å². The van der Waals surface area contributed by atoms with E-state index in [0.717, 1.165) is 0 Å². The molecule has 0 aliphatic heterocycles. The van der Waals surface area contributed by atoms with Gasteiger partial charge in [-0.15, -0.1) is 0 Å². The molecule has 0 heterocycles. The number of carboxylic acid groups (broad SMARTS) is 1. The zero-order chi connectivity index (χ0) is 11.2. The maximum absolute atomic E-state index is 12.8. The number of carbonyl (C=O) groups is 1. The van der Waals surface area contributed by atoms with Gasteiger partial charge >= 0.3 is 18.1 Å². The van der Waals surface area contributed by atoms with E-state index in [2.05, 4.69) is 0 Å². The summed E-state index contributed by atoms with van der Waals surface area (Å²) in [5, 5.41) is 8.40. The number of carboxylic acids is 1. The molecule has 0 atom stereocenters. The minimum absolute atomic E-state index is 0.0813. The lowest BCUT2D eigenvalue weighted by atomic mass is 9.64. The highest BCUT2D eigenvalue weighted by Crippen LogP contribution is 2.58. The molecule has 0 aromatic carbocycles. The summed E-state index contributed by atoms with van der Waals surface area (Å²) in [5.41, 5.74) is -2.94. The van der Waals surface area contributed by atoms with Crippen molar-refractivity contribution in [3.63, 3.8) is 0 Å². The molecule has 0 saturated heterocycles. The van der Waals surface area contributed by atoms with E-state index >= 15 is 0 Å². The van der Waals surface area contributed by atoms with Crippen molar-refractivity contribution >= 4 is 5.97 Å². The Kier molecular flexibility index (Phi) is 2.24. The molecular formula is C7H7F5O2. The molecule has 1 fully saturated rings. The number of hydrogen-bond donors (Lipinski definition) is 1. The lowest BCUT2D eigenvalue weighted by Gasteiger charge is -2.43. The molecule has 0 radical (unpaired) electrons. The second-order valence-electron chi connectivity index (χ2n) is 3.31. The van der Waals surface area contributed by atoms with Crippen molar-refractivity contribution < 1.29 is 31.9 Å². The number of rotatable bonds is 2. The highest BCUT2D eigenvalue weighted by atomic mass is 19.4. The van der Waals surface area contributed by atoms with Crippen molar-refractivity contribution in [1.82, 2.24) is 0 Å². The summed E-state index contributed by atoms with van der Waals surface area (Å²) in [6, 6.07) is 0. The third-order valence-corrected chi connectivity index (χ3v) is 2.57. The van der Waals surface area contributed by atoms with Crippen LogP contribution in [-0.2, 0) is 4.79 Å². The van der Waals surface area contributed by atoms with E-state index in [0.29, 0.717) is 0 Å². The Labute approximate surface area is 75.7 Å². The zero-order valence-corrected chi connectivity index (χ0v) is 6.87. The highest BCUT2D eigenvalue weighted by Gasteiger charge is 2.75. The Morgan fingerprint density at radius 3 is 1.64 bits per heavy atom. The summed E-state index contributed by atoms with van der Waals surface area (Å²) in [6.45, 7) is 0. The van der Waals surface area contributed by atoms with Gasteiger partial charge in [-0.2, -0.15) is 22.0 Å². The first-order chi connectivity index (χ1) is 6.15. The Morgan fingerprint density at radius 2 is 1.57 bits per heavy atom. The van der Waals surface area contributed by atoms with Gasteiger partial charge in [-0.3, -0.25) is 4.79 Å². The van der Waals surface area contributed by atoms with Gasteiger partial charge in [0.15, 0.2) is 0 Å². The van der Waals surface area contributed by atoms with E-state index in [-0.39, 0.29) is 6.42 Å². The van der Waals surface area contributed by atoms with Crippen LogP contribution in [-0.4, -0.2) is 23.2 Å². The van der Waals surface area contributed by atoms with Crippen LogP contribution in [0.25, 0.3) is 0 Å². The third-order valence-electron chi connectivity index (χ3n) is 2.57. The molecule has 1 aliphatic rings. The summed E-state index contributed by atoms with van der Waals surface area (Å²) in [4.78, 5) is 10.4. The van der Waals surface area contributed by atoms with Crippen molar-refractivity contribution in [3.8, 4) is 0 Å². The van der Waals surface area contributed by atoms with Crippen LogP contribution in [0.5, 0.6) is 0 Å². The second kappa shape index (κ2) is 2.80. The van der Waals surface area contributed by atoms with Gasteiger partial charge in [0.1, 0.15) is 5.41 Å². The topological polar surface area (TPSA) is 37.3 Å². The average molecular weight is 218 g/mol. The lowest BCUT2D eigenvalue weighted by Crippen LogP contribution is -2.59. The molecule has 1 saturated carbocycles. The van der Waals surface area contributed by atoms with E-state index in [1.54, 1.807) is 0 Å². The highest BCUT2D eigenvalue weighted by molar-refractivity contribution is 5.77. The van der Waals surface area contributed by atoms with Crippen molar-refractivity contribution in [2.24, 2.45) is 5.41 Å². The first-order valence-electron chi connectivity index (χ1n) is 3.83. The van der Waals surface area contributed by atoms with Gasteiger partial charge < -0.3 is 5.11 Å². The molecule has 0 aromatic rings. The Balaban J connectivity index is 3.06. The largest absolute Gasteiger partial charge is 0.481 e. The molecule has 0 spiro atoms. The van der Waals surface area contributed by atoms with Crippen molar-refractivity contribution in [2.75, 3.05) is 0 Å². The fraction of sp³-hybridized carbons (Fsp3) is 0.857. The van der Waals surface area contributed by atoms with Gasteiger partial charge in [-0.1, -0.05) is 6.42 Å². The predicted octanol–water partition coefficient (Wildman–Crippen LogP) is 2.44. The van der Waals surface area contributed by atoms with Crippen LogP contribution in [0.1, 0.15) is 19.3 Å². The normalized spacial score (nSPS) is 21.5. The molecule has 82 valence electrons. The third kappa shape index (κ3) is 1.18. The van der Waals surface area contributed by atoms with Crippen LogP contribution < -0.4 is 0 Å².